The van der Waals surface area contributed by atoms with Crippen molar-refractivity contribution >= 4 is 5.91 Å². The van der Waals surface area contributed by atoms with Gasteiger partial charge >= 0.3 is 6.18 Å². The van der Waals surface area contributed by atoms with E-state index < -0.39 is 17.4 Å². The fraction of sp³-hybridized carbons (Fsp3) is 0.560. The number of aromatic nitrogens is 1. The summed E-state index contributed by atoms with van der Waals surface area (Å²) in [4.78, 5) is 17.3. The number of carbonyl (C=O) groups excluding carboxylic acids is 1. The first-order valence-electron chi connectivity index (χ1n) is 11.6. The molecule has 0 saturated carbocycles. The van der Waals surface area contributed by atoms with E-state index in [1.54, 1.807) is 29.2 Å². The largest absolute Gasteiger partial charge is 0.493 e. The van der Waals surface area contributed by atoms with Gasteiger partial charge in [0.05, 0.1) is 18.8 Å². The molecule has 3 heterocycles. The first-order chi connectivity index (χ1) is 16.0. The summed E-state index contributed by atoms with van der Waals surface area (Å²) in [6.45, 7) is 7.58. The van der Waals surface area contributed by atoms with Crippen molar-refractivity contribution < 1.29 is 27.4 Å². The van der Waals surface area contributed by atoms with Crippen LogP contribution in [0.15, 0.2) is 30.3 Å². The third-order valence-corrected chi connectivity index (χ3v) is 7.19. The summed E-state index contributed by atoms with van der Waals surface area (Å²) >= 11 is 0. The molecule has 2 aliphatic rings. The molecule has 2 aliphatic heterocycles. The number of alkyl halides is 3. The van der Waals surface area contributed by atoms with E-state index in [4.69, 9.17) is 9.47 Å². The first kappa shape index (κ1) is 24.4. The standard InChI is InChI=1S/C25H32F3N3O3/c1-16(2)34-19-7-6-18(14-20(19)33-5)23(32)30-11-10-24(17(3)15-30)21-8-9-22(25(26,27)28)31(21)13-12-29(24)4/h6-9,14,16-17H,10-13,15H2,1-5H3. The number of fused-ring (bicyclic) bond motifs is 2. The van der Waals surface area contributed by atoms with E-state index in [0.29, 0.717) is 55.4 Å². The van der Waals surface area contributed by atoms with Crippen molar-refractivity contribution in [2.24, 2.45) is 5.92 Å². The molecule has 0 N–H and O–H groups in total. The van der Waals surface area contributed by atoms with Crippen LogP contribution in [0, 0.1) is 5.92 Å². The van der Waals surface area contributed by atoms with E-state index in [1.807, 2.05) is 27.8 Å². The average Bonchev–Trinajstić information content (AvgIpc) is 3.22. The number of amides is 1. The lowest BCUT2D eigenvalue weighted by Gasteiger charge is -2.54. The minimum atomic E-state index is -4.39. The Labute approximate surface area is 198 Å². The average molecular weight is 480 g/mol. The Kier molecular flexibility index (Phi) is 6.35. The van der Waals surface area contributed by atoms with Crippen molar-refractivity contribution in [3.8, 4) is 11.5 Å². The smallest absolute Gasteiger partial charge is 0.431 e. The van der Waals surface area contributed by atoms with Crippen LogP contribution < -0.4 is 9.47 Å². The van der Waals surface area contributed by atoms with Crippen LogP contribution in [0.25, 0.3) is 0 Å². The topological polar surface area (TPSA) is 46.9 Å². The van der Waals surface area contributed by atoms with Gasteiger partial charge in [0.1, 0.15) is 5.69 Å². The summed E-state index contributed by atoms with van der Waals surface area (Å²) in [7, 11) is 3.50. The molecule has 1 aromatic heterocycles. The number of likely N-dealkylation sites (N-methyl/N-ethyl adjacent to an activating group) is 1. The molecule has 1 fully saturated rings. The third-order valence-electron chi connectivity index (χ3n) is 7.19. The first-order valence-corrected chi connectivity index (χ1v) is 11.6. The highest BCUT2D eigenvalue weighted by atomic mass is 19.4. The van der Waals surface area contributed by atoms with Gasteiger partial charge in [0, 0.05) is 37.4 Å². The molecule has 1 aromatic carbocycles. The molecule has 1 saturated heterocycles. The van der Waals surface area contributed by atoms with E-state index in [1.165, 1.54) is 17.7 Å². The zero-order valence-corrected chi connectivity index (χ0v) is 20.3. The fourth-order valence-electron chi connectivity index (χ4n) is 5.57. The molecule has 0 radical (unpaired) electrons. The fourth-order valence-corrected chi connectivity index (χ4v) is 5.57. The Morgan fingerprint density at radius 2 is 1.85 bits per heavy atom. The molecule has 0 bridgehead atoms. The number of methoxy groups -OCH3 is 1. The highest BCUT2D eigenvalue weighted by Gasteiger charge is 2.51. The maximum atomic E-state index is 13.6. The van der Waals surface area contributed by atoms with Gasteiger partial charge in [-0.25, -0.2) is 0 Å². The maximum Gasteiger partial charge on any atom is 0.431 e. The van der Waals surface area contributed by atoms with Gasteiger partial charge in [-0.1, -0.05) is 6.92 Å². The van der Waals surface area contributed by atoms with Gasteiger partial charge in [0.15, 0.2) is 11.5 Å². The second-order valence-corrected chi connectivity index (χ2v) is 9.53. The third kappa shape index (κ3) is 4.04. The molecule has 2 atom stereocenters. The monoisotopic (exact) mass is 479 g/mol. The van der Waals surface area contributed by atoms with Crippen molar-refractivity contribution in [2.75, 3.05) is 33.8 Å². The van der Waals surface area contributed by atoms with Crippen molar-refractivity contribution in [3.63, 3.8) is 0 Å². The number of carbonyl (C=O) groups is 1. The predicted molar refractivity (Wildman–Crippen MR) is 122 cm³/mol. The Morgan fingerprint density at radius 1 is 1.12 bits per heavy atom. The molecule has 186 valence electrons. The van der Waals surface area contributed by atoms with Crippen LogP contribution in [0.3, 0.4) is 0 Å². The maximum absolute atomic E-state index is 13.6. The molecule has 4 rings (SSSR count). The molecule has 2 aromatic rings. The summed E-state index contributed by atoms with van der Waals surface area (Å²) < 4.78 is 53.3. The normalized spacial score (nSPS) is 23.3. The van der Waals surface area contributed by atoms with E-state index in [9.17, 15) is 18.0 Å². The Morgan fingerprint density at radius 3 is 2.47 bits per heavy atom. The van der Waals surface area contributed by atoms with E-state index >= 15 is 0 Å². The molecule has 0 aliphatic carbocycles. The predicted octanol–water partition coefficient (Wildman–Crippen LogP) is 4.63. The number of hydrogen-bond acceptors (Lipinski definition) is 4. The number of halogens is 3. The van der Waals surface area contributed by atoms with Crippen LogP contribution >= 0.6 is 0 Å². The minimum Gasteiger partial charge on any atom is -0.493 e. The molecule has 6 nitrogen and oxygen atoms in total. The molecule has 9 heteroatoms. The van der Waals surface area contributed by atoms with Crippen molar-refractivity contribution in [1.82, 2.24) is 14.4 Å². The summed E-state index contributed by atoms with van der Waals surface area (Å²) in [6.07, 6.45) is -3.86. The molecule has 1 spiro atoms. The zero-order valence-electron chi connectivity index (χ0n) is 20.3. The molecule has 34 heavy (non-hydrogen) atoms. The number of ether oxygens (including phenoxy) is 2. The van der Waals surface area contributed by atoms with E-state index in [0.717, 1.165) is 0 Å². The van der Waals surface area contributed by atoms with Gasteiger partial charge in [-0.15, -0.1) is 0 Å². The molecular formula is C25H32F3N3O3. The summed E-state index contributed by atoms with van der Waals surface area (Å²) in [5.41, 5.74) is 0.0305. The van der Waals surface area contributed by atoms with Crippen LogP contribution in [-0.2, 0) is 18.3 Å². The second-order valence-electron chi connectivity index (χ2n) is 9.53. The van der Waals surface area contributed by atoms with Crippen molar-refractivity contribution in [3.05, 3.63) is 47.3 Å². The lowest BCUT2D eigenvalue weighted by Crippen LogP contribution is -2.61. The number of likely N-dealkylation sites (tertiary alicyclic amines) is 1. The van der Waals surface area contributed by atoms with Gasteiger partial charge < -0.3 is 18.9 Å². The van der Waals surface area contributed by atoms with Gasteiger partial charge in [-0.05, 0) is 63.6 Å². The minimum absolute atomic E-state index is 0.0288. The van der Waals surface area contributed by atoms with Crippen LogP contribution in [0.5, 0.6) is 11.5 Å². The number of hydrogen-bond donors (Lipinski definition) is 0. The van der Waals surface area contributed by atoms with E-state index in [2.05, 4.69) is 4.90 Å². The lowest BCUT2D eigenvalue weighted by molar-refractivity contribution is -0.145. The quantitative estimate of drug-likeness (QED) is 0.642. The Hall–Kier alpha value is -2.68. The van der Waals surface area contributed by atoms with Crippen molar-refractivity contribution in [2.45, 2.75) is 51.6 Å². The number of piperidine rings is 1. The Bertz CT molecular complexity index is 1070. The number of nitrogens with zero attached hydrogens (tertiary/aromatic N) is 3. The summed E-state index contributed by atoms with van der Waals surface area (Å²) in [5, 5.41) is 0. The van der Waals surface area contributed by atoms with Gasteiger partial charge in [0.2, 0.25) is 0 Å². The second kappa shape index (κ2) is 8.83. The van der Waals surface area contributed by atoms with Crippen LogP contribution in [-0.4, -0.2) is 60.2 Å². The number of rotatable bonds is 4. The highest BCUT2D eigenvalue weighted by molar-refractivity contribution is 5.95. The van der Waals surface area contributed by atoms with Crippen molar-refractivity contribution in [1.29, 1.82) is 0 Å². The van der Waals surface area contributed by atoms with Crippen LogP contribution in [0.2, 0.25) is 0 Å². The SMILES string of the molecule is COc1cc(C(=O)N2CCC3(c4ccc(C(F)(F)F)n4CCN3C)C(C)C2)ccc1OC(C)C. The van der Waals surface area contributed by atoms with Gasteiger partial charge in [-0.3, -0.25) is 9.69 Å². The molecule has 2 unspecified atom stereocenters. The zero-order chi connectivity index (χ0) is 24.8. The van der Waals surface area contributed by atoms with E-state index in [-0.39, 0.29) is 17.9 Å². The molecular weight excluding hydrogens is 447 g/mol. The lowest BCUT2D eigenvalue weighted by atomic mass is 9.74. The van der Waals surface area contributed by atoms with Gasteiger partial charge in [-0.2, -0.15) is 13.2 Å². The van der Waals surface area contributed by atoms with Crippen LogP contribution in [0.4, 0.5) is 13.2 Å². The van der Waals surface area contributed by atoms with Gasteiger partial charge in [0.25, 0.3) is 5.91 Å². The summed E-state index contributed by atoms with van der Waals surface area (Å²) in [6, 6.07) is 7.95. The Balaban J connectivity index is 1.59. The highest BCUT2D eigenvalue weighted by Crippen LogP contribution is 2.46. The molecule has 1 amide bonds. The summed E-state index contributed by atoms with van der Waals surface area (Å²) in [5.74, 6) is 0.882. The van der Waals surface area contributed by atoms with Crippen LogP contribution in [0.1, 0.15) is 48.9 Å². The number of benzene rings is 1.